The third kappa shape index (κ3) is 8.42. The summed E-state index contributed by atoms with van der Waals surface area (Å²) in [5.41, 5.74) is 8.46. The lowest BCUT2D eigenvalue weighted by atomic mass is 9.98. The Bertz CT molecular complexity index is 1300. The third-order valence-electron chi connectivity index (χ3n) is 7.07. The Morgan fingerprint density at radius 3 is 2.27 bits per heavy atom. The number of aryl methyl sites for hydroxylation is 2. The number of primary amides is 1. The predicted octanol–water partition coefficient (Wildman–Crippen LogP) is 5.02. The highest BCUT2D eigenvalue weighted by Crippen LogP contribution is 2.41. The molecule has 0 bridgehead atoms. The first kappa shape index (κ1) is 31.4. The second-order valence-electron chi connectivity index (χ2n) is 11.8. The van der Waals surface area contributed by atoms with Gasteiger partial charge in [-0.15, -0.1) is 0 Å². The van der Waals surface area contributed by atoms with E-state index >= 15 is 0 Å². The Morgan fingerprint density at radius 2 is 1.73 bits per heavy atom. The molecule has 3 rings (SSSR count). The number of nitrogens with zero attached hydrogens (tertiary/aromatic N) is 1. The van der Waals surface area contributed by atoms with E-state index in [0.717, 1.165) is 16.7 Å². The summed E-state index contributed by atoms with van der Waals surface area (Å²) in [5, 5.41) is 5.70. The molecule has 2 aromatic carbocycles. The van der Waals surface area contributed by atoms with Crippen molar-refractivity contribution in [2.45, 2.75) is 84.5 Å². The number of benzene rings is 2. The molecule has 0 heterocycles. The molecule has 9 heteroatoms. The van der Waals surface area contributed by atoms with Gasteiger partial charge in [0.05, 0.1) is 0 Å². The van der Waals surface area contributed by atoms with Crippen molar-refractivity contribution in [3.05, 3.63) is 71.3 Å². The molecule has 0 spiro atoms. The molecule has 0 aromatic heterocycles. The van der Waals surface area contributed by atoms with Gasteiger partial charge < -0.3 is 26.0 Å². The van der Waals surface area contributed by atoms with Crippen LogP contribution >= 0.6 is 0 Å². The molecule has 220 valence electrons. The van der Waals surface area contributed by atoms with E-state index in [-0.39, 0.29) is 30.7 Å². The van der Waals surface area contributed by atoms with E-state index in [1.807, 2.05) is 57.2 Å². The van der Waals surface area contributed by atoms with Gasteiger partial charge >= 0.3 is 6.09 Å². The lowest BCUT2D eigenvalue weighted by Gasteiger charge is -2.35. The molecule has 0 saturated heterocycles. The first-order valence-corrected chi connectivity index (χ1v) is 13.9. The van der Waals surface area contributed by atoms with Gasteiger partial charge in [-0.2, -0.15) is 0 Å². The number of anilines is 1. The van der Waals surface area contributed by atoms with Gasteiger partial charge in [-0.25, -0.2) is 4.79 Å². The standard InChI is InChI=1S/C32H42N4O5/c1-8-22-13-10-14-23(18-22)28(29(38)35-27-19(2)11-9-12-20(27)3)36(25-17-21(25)4)30(39)24(15-16-26(33)37)34-31(40)41-32(5,6)7/h8-14,18,21,24-25,28H,1,15-17H2,2-7H3,(H2,33,37)(H,34,40)(H,35,38). The number of ether oxygens (including phenoxy) is 1. The van der Waals surface area contributed by atoms with Crippen LogP contribution in [0.25, 0.3) is 6.08 Å². The minimum atomic E-state index is -1.14. The zero-order chi connectivity index (χ0) is 30.5. The number of hydrogen-bond donors (Lipinski definition) is 3. The number of carbonyl (C=O) groups is 4. The van der Waals surface area contributed by atoms with Crippen LogP contribution in [0.1, 0.15) is 75.3 Å². The molecule has 1 aliphatic carbocycles. The maximum Gasteiger partial charge on any atom is 0.408 e. The van der Waals surface area contributed by atoms with Gasteiger partial charge in [0.25, 0.3) is 5.91 Å². The first-order valence-electron chi connectivity index (χ1n) is 13.9. The maximum atomic E-state index is 14.3. The zero-order valence-electron chi connectivity index (χ0n) is 24.8. The Balaban J connectivity index is 2.08. The summed E-state index contributed by atoms with van der Waals surface area (Å²) in [4.78, 5) is 54.5. The Morgan fingerprint density at radius 1 is 1.12 bits per heavy atom. The topological polar surface area (TPSA) is 131 Å². The molecule has 1 aliphatic rings. The van der Waals surface area contributed by atoms with Gasteiger partial charge in [0, 0.05) is 18.2 Å². The van der Waals surface area contributed by atoms with Crippen LogP contribution in [-0.4, -0.2) is 46.4 Å². The van der Waals surface area contributed by atoms with Gasteiger partial charge in [0.1, 0.15) is 17.7 Å². The molecule has 0 radical (unpaired) electrons. The normalized spacial score (nSPS) is 17.5. The number of nitrogens with two attached hydrogens (primary N) is 1. The SMILES string of the molecule is C=Cc1cccc(C(C(=O)Nc2c(C)cccc2C)N(C(=O)C(CCC(N)=O)NC(=O)OC(C)(C)C)C2CC2C)c1. The smallest absolute Gasteiger partial charge is 0.408 e. The van der Waals surface area contributed by atoms with E-state index in [9.17, 15) is 19.2 Å². The fourth-order valence-electron chi connectivity index (χ4n) is 4.84. The average molecular weight is 563 g/mol. The first-order chi connectivity index (χ1) is 19.2. The summed E-state index contributed by atoms with van der Waals surface area (Å²) in [6, 6.07) is 10.6. The molecule has 9 nitrogen and oxygen atoms in total. The lowest BCUT2D eigenvalue weighted by Crippen LogP contribution is -2.53. The molecule has 1 fully saturated rings. The van der Waals surface area contributed by atoms with E-state index in [0.29, 0.717) is 17.7 Å². The molecule has 41 heavy (non-hydrogen) atoms. The lowest BCUT2D eigenvalue weighted by molar-refractivity contribution is -0.142. The summed E-state index contributed by atoms with van der Waals surface area (Å²) < 4.78 is 5.40. The highest BCUT2D eigenvalue weighted by Gasteiger charge is 2.48. The number of para-hydroxylation sites is 1. The molecular weight excluding hydrogens is 520 g/mol. The summed E-state index contributed by atoms with van der Waals surface area (Å²) in [5.74, 6) is -1.35. The van der Waals surface area contributed by atoms with Crippen LogP contribution in [0.2, 0.25) is 0 Å². The van der Waals surface area contributed by atoms with Crippen LogP contribution in [0.4, 0.5) is 10.5 Å². The number of amides is 4. The van der Waals surface area contributed by atoms with Gasteiger partial charge in [0.15, 0.2) is 0 Å². The highest BCUT2D eigenvalue weighted by atomic mass is 16.6. The minimum absolute atomic E-state index is 0.0387. The minimum Gasteiger partial charge on any atom is -0.444 e. The van der Waals surface area contributed by atoms with Crippen molar-refractivity contribution < 1.29 is 23.9 Å². The second-order valence-corrected chi connectivity index (χ2v) is 11.8. The molecule has 0 aliphatic heterocycles. The zero-order valence-corrected chi connectivity index (χ0v) is 24.8. The van der Waals surface area contributed by atoms with Crippen molar-refractivity contribution in [2.24, 2.45) is 11.7 Å². The van der Waals surface area contributed by atoms with Crippen LogP contribution in [0.15, 0.2) is 49.0 Å². The van der Waals surface area contributed by atoms with Crippen molar-refractivity contribution >= 4 is 35.6 Å². The van der Waals surface area contributed by atoms with Crippen LogP contribution in [-0.2, 0) is 19.1 Å². The van der Waals surface area contributed by atoms with Crippen molar-refractivity contribution in [1.29, 1.82) is 0 Å². The predicted molar refractivity (Wildman–Crippen MR) is 160 cm³/mol. The number of carbonyl (C=O) groups excluding carboxylic acids is 4. The van der Waals surface area contributed by atoms with Gasteiger partial charge in [-0.05, 0) is 81.7 Å². The second kappa shape index (κ2) is 13.0. The Kier molecular flexibility index (Phi) is 9.97. The monoisotopic (exact) mass is 562 g/mol. The number of nitrogens with one attached hydrogen (secondary N) is 2. The van der Waals surface area contributed by atoms with Crippen LogP contribution in [0.5, 0.6) is 0 Å². The van der Waals surface area contributed by atoms with Crippen LogP contribution < -0.4 is 16.4 Å². The van der Waals surface area contributed by atoms with Gasteiger partial charge in [0.2, 0.25) is 11.8 Å². The number of hydrogen-bond acceptors (Lipinski definition) is 5. The van der Waals surface area contributed by atoms with E-state index in [1.165, 1.54) is 0 Å². The van der Waals surface area contributed by atoms with Crippen molar-refractivity contribution in [1.82, 2.24) is 10.2 Å². The van der Waals surface area contributed by atoms with Crippen LogP contribution in [0, 0.1) is 19.8 Å². The van der Waals surface area contributed by atoms with Gasteiger partial charge in [-0.3, -0.25) is 14.4 Å². The molecule has 4 unspecified atom stereocenters. The van der Waals surface area contributed by atoms with Gasteiger partial charge in [-0.1, -0.05) is 56.0 Å². The Hall–Kier alpha value is -4.14. The van der Waals surface area contributed by atoms with Crippen molar-refractivity contribution in [3.8, 4) is 0 Å². The van der Waals surface area contributed by atoms with E-state index in [2.05, 4.69) is 17.2 Å². The quantitative estimate of drug-likeness (QED) is 0.354. The van der Waals surface area contributed by atoms with E-state index in [4.69, 9.17) is 10.5 Å². The molecule has 4 N–H and O–H groups in total. The average Bonchev–Trinajstić information content (AvgIpc) is 3.61. The fraction of sp³-hybridized carbons (Fsp3) is 0.438. The summed E-state index contributed by atoms with van der Waals surface area (Å²) in [6.45, 7) is 14.8. The van der Waals surface area contributed by atoms with Crippen LogP contribution in [0.3, 0.4) is 0 Å². The summed E-state index contributed by atoms with van der Waals surface area (Å²) >= 11 is 0. The molecule has 4 amide bonds. The molecule has 4 atom stereocenters. The van der Waals surface area contributed by atoms with Crippen molar-refractivity contribution in [3.63, 3.8) is 0 Å². The molecule has 1 saturated carbocycles. The highest BCUT2D eigenvalue weighted by molar-refractivity contribution is 6.00. The van der Waals surface area contributed by atoms with E-state index < -0.39 is 35.6 Å². The Labute approximate surface area is 242 Å². The molecule has 2 aromatic rings. The molecular formula is C32H42N4O5. The summed E-state index contributed by atoms with van der Waals surface area (Å²) in [7, 11) is 0. The van der Waals surface area contributed by atoms with E-state index in [1.54, 1.807) is 37.8 Å². The number of alkyl carbamates (subject to hydrolysis) is 1. The third-order valence-corrected chi connectivity index (χ3v) is 7.07. The number of rotatable bonds is 11. The largest absolute Gasteiger partial charge is 0.444 e. The van der Waals surface area contributed by atoms with Crippen molar-refractivity contribution in [2.75, 3.05) is 5.32 Å². The maximum absolute atomic E-state index is 14.3. The summed E-state index contributed by atoms with van der Waals surface area (Å²) in [6.07, 6.45) is 1.40. The fourth-order valence-corrected chi connectivity index (χ4v) is 4.84.